The van der Waals surface area contributed by atoms with Gasteiger partial charge < -0.3 is 97.3 Å². The smallest absolute Gasteiger partial charge is 0.407 e. The Bertz CT molecular complexity index is 2620. The van der Waals surface area contributed by atoms with E-state index < -0.39 is 192 Å². The van der Waals surface area contributed by atoms with Gasteiger partial charge in [-0.1, -0.05) is 20.8 Å². The van der Waals surface area contributed by atoms with E-state index in [-0.39, 0.29) is 64.1 Å². The summed E-state index contributed by atoms with van der Waals surface area (Å²) in [4.78, 5) is 169. The summed E-state index contributed by atoms with van der Waals surface area (Å²) in [5.41, 5.74) is -5.39. The molecule has 1 heterocycles. The Labute approximate surface area is 573 Å². The van der Waals surface area contributed by atoms with Gasteiger partial charge in [0.25, 0.3) is 0 Å². The fourth-order valence-corrected chi connectivity index (χ4v) is 9.42. The number of nitrogens with one attached hydrogen (secondary N) is 13. The van der Waals surface area contributed by atoms with E-state index in [2.05, 4.69) is 69.1 Å². The van der Waals surface area contributed by atoms with Crippen molar-refractivity contribution in [2.24, 2.45) is 5.92 Å². The minimum atomic E-state index is -1.73. The predicted molar refractivity (Wildman–Crippen MR) is 360 cm³/mol. The zero-order valence-electron chi connectivity index (χ0n) is 61.7. The molecule has 32 heteroatoms. The van der Waals surface area contributed by atoms with Crippen molar-refractivity contribution in [2.75, 3.05) is 32.7 Å². The number of hydrogen-bond acceptors (Lipinski definition) is 20. The molecule has 32 nitrogen and oxygen atoms in total. The van der Waals surface area contributed by atoms with E-state index in [0.717, 1.165) is 0 Å². The standard InChI is InChI=1S/C65H119N13O19/c1-24-39-48(80)73-41(26-30-67-56(88)94-62(12,13)14)50(82)75-43(28-32-69-58(90)96-64(18,19)20)52(84)78-47(38(5)93-61(9,10)11)55(87)66-29-25-40(76-54(86)45(35-70-59(91)97-65(21,22)23)71-46(79)34-37(4)92-60(6,7)8)49(81)74-42(27-31-68-57(89)95-63(15,16)17)51(83)77-44(33-36(2)3)53(85)72-39/h36-45,47,53,72,85H,24-35H2,1-23H3,(H,66,87)(H,67,88)(H,68,89)(H,69,90)(H,70,91)(H,71,79)(H,73,80)(H,74,81)(H,75,82)(H,76,86)(H,77,83)(H,78,84)/t37-,38-,39+,40+,41+,42+,43+,44-,45+,47+,53?/m1/s1. The Balaban J connectivity index is 4.42. The Hall–Kier alpha value is -7.32. The highest BCUT2D eigenvalue weighted by Gasteiger charge is 2.38. The lowest BCUT2D eigenvalue weighted by atomic mass is 10.0. The monoisotopic (exact) mass is 1390 g/mol. The van der Waals surface area contributed by atoms with Gasteiger partial charge in [-0.2, -0.15) is 0 Å². The van der Waals surface area contributed by atoms with Gasteiger partial charge in [0.1, 0.15) is 64.9 Å². The van der Waals surface area contributed by atoms with E-state index in [9.17, 15) is 57.8 Å². The van der Waals surface area contributed by atoms with Crippen LogP contribution in [0.4, 0.5) is 19.2 Å². The van der Waals surface area contributed by atoms with Crippen LogP contribution in [0.3, 0.4) is 0 Å². The maximum absolute atomic E-state index is 15.0. The third-order valence-corrected chi connectivity index (χ3v) is 13.2. The average Bonchev–Trinajstić information content (AvgIpc) is 1.02. The molecule has 1 rings (SSSR count). The molecule has 0 aromatic heterocycles. The molecule has 1 fully saturated rings. The fourth-order valence-electron chi connectivity index (χ4n) is 9.42. The zero-order chi connectivity index (χ0) is 74.8. The van der Waals surface area contributed by atoms with Crippen LogP contribution in [-0.2, 0) is 66.8 Å². The van der Waals surface area contributed by atoms with Crippen molar-refractivity contribution in [3.8, 4) is 0 Å². The molecule has 14 N–H and O–H groups in total. The maximum atomic E-state index is 15.0. The third kappa shape index (κ3) is 39.6. The summed E-state index contributed by atoms with van der Waals surface area (Å²) < 4.78 is 33.7. The molecule has 11 atom stereocenters. The number of aliphatic hydroxyl groups is 1. The summed E-state index contributed by atoms with van der Waals surface area (Å²) in [6.45, 7) is 36.3. The van der Waals surface area contributed by atoms with E-state index in [1.165, 1.54) is 6.92 Å². The number of rotatable bonds is 22. The summed E-state index contributed by atoms with van der Waals surface area (Å²) in [5.74, 6) is -7.70. The summed E-state index contributed by atoms with van der Waals surface area (Å²) in [6.07, 6.45) is -8.86. The first-order valence-corrected chi connectivity index (χ1v) is 33.3. The van der Waals surface area contributed by atoms with Gasteiger partial charge >= 0.3 is 24.4 Å². The second-order valence-corrected chi connectivity index (χ2v) is 30.5. The van der Waals surface area contributed by atoms with Crippen LogP contribution in [0.25, 0.3) is 0 Å². The van der Waals surface area contributed by atoms with Crippen molar-refractivity contribution in [2.45, 2.75) is 305 Å². The van der Waals surface area contributed by atoms with E-state index in [0.29, 0.717) is 0 Å². The van der Waals surface area contributed by atoms with Crippen LogP contribution in [0.1, 0.15) is 204 Å². The van der Waals surface area contributed by atoms with E-state index >= 15 is 4.79 Å². The first-order chi connectivity index (χ1) is 44.2. The molecule has 0 bridgehead atoms. The van der Waals surface area contributed by atoms with Gasteiger partial charge in [0, 0.05) is 26.2 Å². The highest BCUT2D eigenvalue weighted by molar-refractivity contribution is 5.96. The predicted octanol–water partition coefficient (Wildman–Crippen LogP) is 2.70. The lowest BCUT2D eigenvalue weighted by molar-refractivity contribution is -0.139. The molecule has 1 aliphatic rings. The van der Waals surface area contributed by atoms with Crippen molar-refractivity contribution in [1.29, 1.82) is 0 Å². The zero-order valence-corrected chi connectivity index (χ0v) is 61.7. The molecule has 1 aliphatic heterocycles. The minimum absolute atomic E-state index is 0.0379. The topological polar surface area (TPSA) is 437 Å². The number of amides is 12. The largest absolute Gasteiger partial charge is 0.444 e. The lowest BCUT2D eigenvalue weighted by Gasteiger charge is -2.32. The maximum Gasteiger partial charge on any atom is 0.407 e. The van der Waals surface area contributed by atoms with Crippen molar-refractivity contribution >= 4 is 71.6 Å². The molecule has 1 unspecified atom stereocenters. The fraction of sp³-hybridized carbons (Fsp3) is 0.815. The van der Waals surface area contributed by atoms with Crippen LogP contribution < -0.4 is 69.1 Å². The molecule has 1 saturated heterocycles. The van der Waals surface area contributed by atoms with E-state index in [1.54, 1.807) is 152 Å². The average molecular weight is 1390 g/mol. The van der Waals surface area contributed by atoms with Gasteiger partial charge in [0.05, 0.1) is 48.5 Å². The number of alkyl carbamates (subject to hydrolysis) is 4. The summed E-state index contributed by atoms with van der Waals surface area (Å²) >= 11 is 0. The lowest BCUT2D eigenvalue weighted by Crippen LogP contribution is -2.62. The SMILES string of the molecule is CC[C@@H]1NC(O)[C@@H](CC(C)C)NC(=O)[C@H](CCNC(=O)OC(C)(C)C)NC(=O)[C@@H](NC(=O)[C@H](CNC(=O)OC(C)(C)C)NC(=O)C[C@@H](C)OC(C)(C)C)CCNC(=O)[C@H]([C@@H](C)OC(C)(C)C)NC(=O)[C@H](CCNC(=O)OC(C)(C)C)NC(=O)[C@H](CCNC(=O)OC(C)(C)C)NC1=O. The second kappa shape index (κ2) is 39.3. The van der Waals surface area contributed by atoms with Crippen LogP contribution >= 0.6 is 0 Å². The van der Waals surface area contributed by atoms with Crippen molar-refractivity contribution in [3.63, 3.8) is 0 Å². The first kappa shape index (κ1) is 87.7. The normalized spacial score (nSPS) is 22.2. The number of hydrogen-bond donors (Lipinski definition) is 14. The molecular formula is C65H119N13O19. The molecule has 0 radical (unpaired) electrons. The number of carbonyl (C=O) groups excluding carboxylic acids is 12. The number of ether oxygens (including phenoxy) is 6. The van der Waals surface area contributed by atoms with Gasteiger partial charge in [-0.05, 0) is 183 Å². The highest BCUT2D eigenvalue weighted by Crippen LogP contribution is 2.18. The molecule has 558 valence electrons. The summed E-state index contributed by atoms with van der Waals surface area (Å²) in [7, 11) is 0. The molecule has 97 heavy (non-hydrogen) atoms. The molecule has 0 aromatic rings. The quantitative estimate of drug-likeness (QED) is 0.0693. The first-order valence-electron chi connectivity index (χ1n) is 33.3. The van der Waals surface area contributed by atoms with Crippen molar-refractivity contribution in [1.82, 2.24) is 69.1 Å². The van der Waals surface area contributed by atoms with Gasteiger partial charge in [0.2, 0.25) is 47.3 Å². The van der Waals surface area contributed by atoms with Crippen molar-refractivity contribution < 1.29 is 91.1 Å². The van der Waals surface area contributed by atoms with Gasteiger partial charge in [-0.15, -0.1) is 0 Å². The van der Waals surface area contributed by atoms with Crippen molar-refractivity contribution in [3.05, 3.63) is 0 Å². The van der Waals surface area contributed by atoms with Crippen LogP contribution in [-0.4, -0.2) is 210 Å². The summed E-state index contributed by atoms with van der Waals surface area (Å²) in [6, 6.07) is -12.3. The van der Waals surface area contributed by atoms with Crippen LogP contribution in [0.15, 0.2) is 0 Å². The molecule has 12 amide bonds. The Kier molecular flexibility index (Phi) is 35.5. The van der Waals surface area contributed by atoms with Crippen LogP contribution in [0, 0.1) is 5.92 Å². The third-order valence-electron chi connectivity index (χ3n) is 13.2. The van der Waals surface area contributed by atoms with Gasteiger partial charge in [-0.25, -0.2) is 19.2 Å². The van der Waals surface area contributed by atoms with Crippen LogP contribution in [0.2, 0.25) is 0 Å². The van der Waals surface area contributed by atoms with Gasteiger partial charge in [-0.3, -0.25) is 43.7 Å². The van der Waals surface area contributed by atoms with Crippen LogP contribution in [0.5, 0.6) is 0 Å². The minimum Gasteiger partial charge on any atom is -0.444 e. The van der Waals surface area contributed by atoms with Gasteiger partial charge in [0.15, 0.2) is 0 Å². The summed E-state index contributed by atoms with van der Waals surface area (Å²) in [5, 5.41) is 46.3. The Morgan fingerprint density at radius 1 is 0.505 bits per heavy atom. The molecule has 0 aromatic carbocycles. The molecule has 0 saturated carbocycles. The molecule has 0 spiro atoms. The Morgan fingerprint density at radius 3 is 1.30 bits per heavy atom. The molecule has 0 aliphatic carbocycles. The number of aliphatic hydroxyl groups excluding tert-OH is 1. The Morgan fingerprint density at radius 2 is 0.897 bits per heavy atom. The number of carbonyl (C=O) groups is 12. The molecular weight excluding hydrogens is 1270 g/mol. The second-order valence-electron chi connectivity index (χ2n) is 30.5. The van der Waals surface area contributed by atoms with E-state index in [4.69, 9.17) is 28.4 Å². The highest BCUT2D eigenvalue weighted by atomic mass is 16.6. The van der Waals surface area contributed by atoms with E-state index in [1.807, 2.05) is 0 Å².